The molecule has 0 fully saturated rings. The van der Waals surface area contributed by atoms with Crippen molar-refractivity contribution in [2.75, 3.05) is 26.6 Å². The van der Waals surface area contributed by atoms with Gasteiger partial charge in [-0.15, -0.1) is 0 Å². The van der Waals surface area contributed by atoms with Gasteiger partial charge in [0.25, 0.3) is 0 Å². The van der Waals surface area contributed by atoms with Crippen molar-refractivity contribution in [2.45, 2.75) is 25.6 Å². The van der Waals surface area contributed by atoms with E-state index in [0.29, 0.717) is 0 Å². The molecule has 0 aliphatic carbocycles. The Hall–Kier alpha value is -4.38. The van der Waals surface area contributed by atoms with Gasteiger partial charge in [-0.1, -0.05) is 66.7 Å². The number of methoxy groups -OCH3 is 3. The van der Waals surface area contributed by atoms with E-state index < -0.39 is 0 Å². The first-order valence-corrected chi connectivity index (χ1v) is 12.9. The molecule has 0 spiro atoms. The zero-order chi connectivity index (χ0) is 26.3. The Kier molecular flexibility index (Phi) is 7.84. The number of anilines is 1. The number of nitrogens with zero attached hydrogens (tertiary/aromatic N) is 1. The molecule has 1 unspecified atom stereocenters. The van der Waals surface area contributed by atoms with Crippen LogP contribution in [0.1, 0.15) is 33.9 Å². The molecule has 1 heterocycles. The van der Waals surface area contributed by atoms with Gasteiger partial charge in [-0.25, -0.2) is 0 Å². The summed E-state index contributed by atoms with van der Waals surface area (Å²) in [7, 11) is 5.08. The van der Waals surface area contributed by atoms with Crippen LogP contribution in [0.3, 0.4) is 0 Å². The van der Waals surface area contributed by atoms with Gasteiger partial charge in [-0.05, 0) is 64.6 Å². The maximum Gasteiger partial charge on any atom is 0.160 e. The molecular weight excluding hydrogens is 472 g/mol. The molecule has 0 radical (unpaired) electrons. The quantitative estimate of drug-likeness (QED) is 0.249. The minimum atomic E-state index is 0.116. The maximum atomic E-state index is 5.88. The molecule has 1 atom stereocenters. The van der Waals surface area contributed by atoms with Crippen LogP contribution < -0.4 is 19.5 Å². The van der Waals surface area contributed by atoms with E-state index in [1.807, 2.05) is 12.1 Å². The zero-order valence-corrected chi connectivity index (χ0v) is 22.2. The molecule has 5 heteroatoms. The fourth-order valence-electron chi connectivity index (χ4n) is 5.02. The number of hydrogen-bond acceptors (Lipinski definition) is 5. The van der Waals surface area contributed by atoms with Crippen LogP contribution in [0, 0.1) is 0 Å². The summed E-state index contributed by atoms with van der Waals surface area (Å²) in [6, 6.07) is 31.7. The molecule has 194 valence electrons. The van der Waals surface area contributed by atoms with Crippen molar-refractivity contribution in [1.29, 1.82) is 0 Å². The number of rotatable bonds is 10. The topological polar surface area (TPSA) is 43.0 Å². The van der Waals surface area contributed by atoms with Crippen molar-refractivity contribution in [2.24, 2.45) is 0 Å². The first-order valence-electron chi connectivity index (χ1n) is 12.9. The molecule has 0 bridgehead atoms. The van der Waals surface area contributed by atoms with E-state index >= 15 is 0 Å². The van der Waals surface area contributed by atoms with Gasteiger partial charge in [-0.2, -0.15) is 0 Å². The maximum absolute atomic E-state index is 5.88. The summed E-state index contributed by atoms with van der Waals surface area (Å²) < 4.78 is 16.9. The molecule has 5 rings (SSSR count). The van der Waals surface area contributed by atoms with E-state index in [-0.39, 0.29) is 6.04 Å². The highest BCUT2D eigenvalue weighted by molar-refractivity contribution is 5.69. The summed E-state index contributed by atoms with van der Waals surface area (Å²) in [4.78, 5) is 2.41. The zero-order valence-electron chi connectivity index (χ0n) is 22.2. The first-order chi connectivity index (χ1) is 18.7. The molecular formula is C33H34N2O3. The third-order valence-corrected chi connectivity index (χ3v) is 7.02. The lowest BCUT2D eigenvalue weighted by Crippen LogP contribution is -2.28. The van der Waals surface area contributed by atoms with Gasteiger partial charge in [0, 0.05) is 19.3 Å². The minimum Gasteiger partial charge on any atom is -0.495 e. The molecule has 4 aromatic carbocycles. The second kappa shape index (κ2) is 11.8. The predicted octanol–water partition coefficient (Wildman–Crippen LogP) is 7.09. The largest absolute Gasteiger partial charge is 0.495 e. The van der Waals surface area contributed by atoms with Gasteiger partial charge in [0.05, 0.1) is 33.1 Å². The second-order valence-corrected chi connectivity index (χ2v) is 9.40. The molecule has 1 aliphatic heterocycles. The van der Waals surface area contributed by atoms with Crippen molar-refractivity contribution in [3.05, 3.63) is 125 Å². The number of nitrogens with one attached hydrogen (secondary N) is 1. The van der Waals surface area contributed by atoms with Crippen molar-refractivity contribution < 1.29 is 14.2 Å². The molecule has 38 heavy (non-hydrogen) atoms. The van der Waals surface area contributed by atoms with Crippen molar-refractivity contribution in [3.8, 4) is 17.2 Å². The number of ether oxygens (including phenoxy) is 3. The van der Waals surface area contributed by atoms with Crippen LogP contribution >= 0.6 is 0 Å². The highest BCUT2D eigenvalue weighted by atomic mass is 16.5. The average Bonchev–Trinajstić information content (AvgIpc) is 2.97. The highest BCUT2D eigenvalue weighted by Crippen LogP contribution is 2.40. The van der Waals surface area contributed by atoms with Gasteiger partial charge in [0.1, 0.15) is 5.75 Å². The summed E-state index contributed by atoms with van der Waals surface area (Å²) in [6.07, 6.45) is 5.23. The summed E-state index contributed by atoms with van der Waals surface area (Å²) >= 11 is 0. The molecule has 1 aliphatic rings. The van der Waals surface area contributed by atoms with E-state index in [0.717, 1.165) is 42.4 Å². The standard InChI is InChI=1S/C33H34N2O3/c1-36-31-15-14-26(19-33(31)38-3)18-30-28-21-32(37-2)29(34-22-24-10-6-4-7-11-24)20-27(28)16-17-35(30)23-25-12-8-5-9-13-25/h4-17,19-21,30,34H,18,22-23H2,1-3H3. The molecule has 0 saturated carbocycles. The van der Waals surface area contributed by atoms with E-state index in [1.165, 1.54) is 27.8 Å². The third-order valence-electron chi connectivity index (χ3n) is 7.02. The van der Waals surface area contributed by atoms with Crippen molar-refractivity contribution >= 4 is 11.8 Å². The summed E-state index contributed by atoms with van der Waals surface area (Å²) in [5, 5.41) is 3.57. The molecule has 4 aromatic rings. The van der Waals surface area contributed by atoms with Crippen molar-refractivity contribution in [1.82, 2.24) is 4.90 Å². The fourth-order valence-corrected chi connectivity index (χ4v) is 5.02. The van der Waals surface area contributed by atoms with E-state index in [2.05, 4.69) is 101 Å². The predicted molar refractivity (Wildman–Crippen MR) is 154 cm³/mol. The van der Waals surface area contributed by atoms with Crippen LogP contribution in [-0.2, 0) is 19.5 Å². The lowest BCUT2D eigenvalue weighted by Gasteiger charge is -2.36. The van der Waals surface area contributed by atoms with Crippen LogP contribution in [0.2, 0.25) is 0 Å². The molecule has 1 N–H and O–H groups in total. The van der Waals surface area contributed by atoms with Gasteiger partial charge in [-0.3, -0.25) is 0 Å². The van der Waals surface area contributed by atoms with Gasteiger partial charge >= 0.3 is 0 Å². The summed E-state index contributed by atoms with van der Waals surface area (Å²) in [6.45, 7) is 1.54. The number of benzene rings is 4. The summed E-state index contributed by atoms with van der Waals surface area (Å²) in [5.74, 6) is 2.31. The normalized spacial score (nSPS) is 14.1. The molecule has 0 amide bonds. The van der Waals surface area contributed by atoms with Crippen LogP contribution in [0.5, 0.6) is 17.2 Å². The Labute approximate surface area is 225 Å². The first kappa shape index (κ1) is 25.3. The average molecular weight is 507 g/mol. The lowest BCUT2D eigenvalue weighted by molar-refractivity contribution is 0.266. The van der Waals surface area contributed by atoms with Crippen molar-refractivity contribution in [3.63, 3.8) is 0 Å². The lowest BCUT2D eigenvalue weighted by atomic mass is 9.90. The van der Waals surface area contributed by atoms with Gasteiger partial charge < -0.3 is 24.4 Å². The minimum absolute atomic E-state index is 0.116. The second-order valence-electron chi connectivity index (χ2n) is 9.40. The molecule has 0 aromatic heterocycles. The van der Waals surface area contributed by atoms with E-state index in [1.54, 1.807) is 21.3 Å². The van der Waals surface area contributed by atoms with Gasteiger partial charge in [0.2, 0.25) is 0 Å². The Bertz CT molecular complexity index is 1390. The molecule has 5 nitrogen and oxygen atoms in total. The Morgan fingerprint density at radius 2 is 1.37 bits per heavy atom. The van der Waals surface area contributed by atoms with Crippen LogP contribution in [0.4, 0.5) is 5.69 Å². The smallest absolute Gasteiger partial charge is 0.160 e. The van der Waals surface area contributed by atoms with E-state index in [4.69, 9.17) is 14.2 Å². The number of hydrogen-bond donors (Lipinski definition) is 1. The molecule has 0 saturated heterocycles. The monoisotopic (exact) mass is 506 g/mol. The fraction of sp³-hybridized carbons (Fsp3) is 0.212. The highest BCUT2D eigenvalue weighted by Gasteiger charge is 2.26. The number of fused-ring (bicyclic) bond motifs is 1. The Morgan fingerprint density at radius 1 is 0.684 bits per heavy atom. The van der Waals surface area contributed by atoms with Crippen LogP contribution in [0.15, 0.2) is 97.2 Å². The Balaban J connectivity index is 1.49. The van der Waals surface area contributed by atoms with E-state index in [9.17, 15) is 0 Å². The SMILES string of the molecule is COc1cc2c(cc1NCc1ccccc1)C=CN(Cc1ccccc1)C2Cc1ccc(OC)c(OC)c1. The van der Waals surface area contributed by atoms with Crippen LogP contribution in [0.25, 0.3) is 6.08 Å². The van der Waals surface area contributed by atoms with Crippen LogP contribution in [-0.4, -0.2) is 26.2 Å². The summed E-state index contributed by atoms with van der Waals surface area (Å²) in [5.41, 5.74) is 7.09. The van der Waals surface area contributed by atoms with Gasteiger partial charge in [0.15, 0.2) is 11.5 Å². The Morgan fingerprint density at radius 3 is 2.05 bits per heavy atom. The third kappa shape index (κ3) is 5.62.